The van der Waals surface area contributed by atoms with Crippen LogP contribution < -0.4 is 0 Å². The second-order valence-electron chi connectivity index (χ2n) is 5.92. The molecule has 0 aromatic heterocycles. The van der Waals surface area contributed by atoms with Crippen molar-refractivity contribution in [2.24, 2.45) is 21.9 Å². The van der Waals surface area contributed by atoms with E-state index >= 15 is 0 Å². The molecule has 0 radical (unpaired) electrons. The van der Waals surface area contributed by atoms with Gasteiger partial charge in [-0.1, -0.05) is 33.2 Å². The fraction of sp³-hybridized carbons (Fsp3) is 0.294. The van der Waals surface area contributed by atoms with E-state index in [0.29, 0.717) is 10.0 Å². The third-order valence-electron chi connectivity index (χ3n) is 4.90. The summed E-state index contributed by atoms with van der Waals surface area (Å²) in [6.07, 6.45) is 0. The number of benzene rings is 1. The van der Waals surface area contributed by atoms with Crippen molar-refractivity contribution in [3.63, 3.8) is 0 Å². The summed E-state index contributed by atoms with van der Waals surface area (Å²) in [5, 5.41) is 41.4. The number of hydrogen-bond donors (Lipinski definition) is 1. The molecule has 1 fully saturated rings. The van der Waals surface area contributed by atoms with E-state index in [1.807, 2.05) is 18.2 Å². The topological polar surface area (TPSA) is 134 Å². The molecule has 1 saturated carbocycles. The van der Waals surface area contributed by atoms with E-state index in [1.165, 1.54) is 6.92 Å². The van der Waals surface area contributed by atoms with E-state index in [0.717, 1.165) is 0 Å². The lowest BCUT2D eigenvalue weighted by Crippen LogP contribution is -2.44. The first-order valence-corrected chi connectivity index (χ1v) is 8.02. The van der Waals surface area contributed by atoms with Gasteiger partial charge in [-0.15, -0.1) is 0 Å². The Morgan fingerprint density at radius 3 is 2.48 bits per heavy atom. The monoisotopic (exact) mass is 395 g/mol. The van der Waals surface area contributed by atoms with Crippen LogP contribution in [0, 0.1) is 56.2 Å². The summed E-state index contributed by atoms with van der Waals surface area (Å²) < 4.78 is 0.679. The molecule has 0 unspecified atom stereocenters. The molecular formula is C17H10BrN5O2. The Hall–Kier alpha value is -3.02. The van der Waals surface area contributed by atoms with Crippen LogP contribution in [-0.4, -0.2) is 17.4 Å². The van der Waals surface area contributed by atoms with Crippen LogP contribution in [0.1, 0.15) is 18.4 Å². The van der Waals surface area contributed by atoms with Crippen LogP contribution in [0.5, 0.6) is 0 Å². The fourth-order valence-corrected chi connectivity index (χ4v) is 4.22. The number of oxime groups is 1. The van der Waals surface area contributed by atoms with Gasteiger partial charge in [-0.25, -0.2) is 4.79 Å². The molecule has 1 aliphatic carbocycles. The lowest BCUT2D eigenvalue weighted by molar-refractivity contribution is -0.146. The number of nitriles is 3. The molecule has 1 heterocycles. The Bertz CT molecular complexity index is 950. The Kier molecular flexibility index (Phi) is 3.71. The van der Waals surface area contributed by atoms with E-state index < -0.39 is 28.6 Å². The molecule has 1 aromatic carbocycles. The molecule has 0 amide bonds. The van der Waals surface area contributed by atoms with Gasteiger partial charge >= 0.3 is 5.97 Å². The van der Waals surface area contributed by atoms with Gasteiger partial charge in [-0.2, -0.15) is 15.8 Å². The molecule has 1 aromatic rings. The highest BCUT2D eigenvalue weighted by Gasteiger charge is 2.74. The van der Waals surface area contributed by atoms with Gasteiger partial charge in [0, 0.05) is 10.4 Å². The van der Waals surface area contributed by atoms with E-state index in [-0.39, 0.29) is 11.4 Å². The van der Waals surface area contributed by atoms with Gasteiger partial charge in [0.2, 0.25) is 0 Å². The van der Waals surface area contributed by atoms with Gasteiger partial charge in [0.05, 0.1) is 29.6 Å². The predicted octanol–water partition coefficient (Wildman–Crippen LogP) is 2.66. The number of hydrogen-bond acceptors (Lipinski definition) is 7. The van der Waals surface area contributed by atoms with Crippen molar-refractivity contribution in [3.8, 4) is 18.2 Å². The van der Waals surface area contributed by atoms with Crippen LogP contribution in [0.3, 0.4) is 0 Å². The van der Waals surface area contributed by atoms with Crippen LogP contribution in [0.25, 0.3) is 0 Å². The maximum Gasteiger partial charge on any atom is 0.353 e. The molecule has 8 heteroatoms. The summed E-state index contributed by atoms with van der Waals surface area (Å²) in [6.45, 7) is 1.50. The van der Waals surface area contributed by atoms with Crippen LogP contribution in [0.2, 0.25) is 0 Å². The Morgan fingerprint density at radius 1 is 1.32 bits per heavy atom. The van der Waals surface area contributed by atoms with E-state index in [2.05, 4.69) is 21.1 Å². The average molecular weight is 396 g/mol. The molecule has 1 aliphatic heterocycles. The second-order valence-corrected chi connectivity index (χ2v) is 6.84. The normalized spacial score (nSPS) is 29.5. The first kappa shape index (κ1) is 16.8. The third kappa shape index (κ3) is 1.85. The summed E-state index contributed by atoms with van der Waals surface area (Å²) in [6, 6.07) is 12.5. The minimum Gasteiger partial charge on any atom is -0.317 e. The van der Waals surface area contributed by atoms with Crippen molar-refractivity contribution in [1.29, 1.82) is 21.2 Å². The number of carbonyl (C=O) groups excluding carboxylic acids is 1. The number of nitrogens with one attached hydrogen (secondary N) is 1. The maximum atomic E-state index is 12.7. The second kappa shape index (κ2) is 5.51. The van der Waals surface area contributed by atoms with Gasteiger partial charge in [-0.05, 0) is 24.6 Å². The Morgan fingerprint density at radius 2 is 2.00 bits per heavy atom. The maximum absolute atomic E-state index is 12.7. The zero-order valence-electron chi connectivity index (χ0n) is 12.9. The van der Waals surface area contributed by atoms with Crippen LogP contribution >= 0.6 is 15.9 Å². The SMILES string of the molecule is CC1=NOC(=O)[C@]12C(=N)[C@@H](C#N)C(C#N)(C#N)[C@H]2c1cccc(Br)c1. The van der Waals surface area contributed by atoms with Crippen molar-refractivity contribution in [1.82, 2.24) is 0 Å². The highest BCUT2D eigenvalue weighted by atomic mass is 79.9. The average Bonchev–Trinajstić information content (AvgIpc) is 3.02. The lowest BCUT2D eigenvalue weighted by Gasteiger charge is -2.31. The Labute approximate surface area is 151 Å². The molecular weight excluding hydrogens is 386 g/mol. The highest BCUT2D eigenvalue weighted by Crippen LogP contribution is 2.62. The molecule has 7 nitrogen and oxygen atoms in total. The van der Waals surface area contributed by atoms with Crippen LogP contribution in [0.4, 0.5) is 0 Å². The fourth-order valence-electron chi connectivity index (χ4n) is 3.80. The van der Waals surface area contributed by atoms with Crippen molar-refractivity contribution in [2.75, 3.05) is 0 Å². The summed E-state index contributed by atoms with van der Waals surface area (Å²) in [5.74, 6) is -3.29. The minimum absolute atomic E-state index is 0.167. The summed E-state index contributed by atoms with van der Waals surface area (Å²) in [7, 11) is 0. The lowest BCUT2D eigenvalue weighted by atomic mass is 9.64. The zero-order valence-corrected chi connectivity index (χ0v) is 14.5. The number of rotatable bonds is 1. The summed E-state index contributed by atoms with van der Waals surface area (Å²) in [4.78, 5) is 17.5. The van der Waals surface area contributed by atoms with Gasteiger partial charge in [0.15, 0.2) is 10.8 Å². The van der Waals surface area contributed by atoms with E-state index in [4.69, 9.17) is 10.2 Å². The number of nitrogens with zero attached hydrogens (tertiary/aromatic N) is 4. The first-order valence-electron chi connectivity index (χ1n) is 7.23. The van der Waals surface area contributed by atoms with Crippen molar-refractivity contribution in [2.45, 2.75) is 12.8 Å². The molecule has 122 valence electrons. The van der Waals surface area contributed by atoms with Crippen molar-refractivity contribution < 1.29 is 9.63 Å². The van der Waals surface area contributed by atoms with Crippen molar-refractivity contribution in [3.05, 3.63) is 34.3 Å². The van der Waals surface area contributed by atoms with E-state index in [9.17, 15) is 20.6 Å². The van der Waals surface area contributed by atoms with Crippen LogP contribution in [0.15, 0.2) is 33.9 Å². The van der Waals surface area contributed by atoms with E-state index in [1.54, 1.807) is 24.3 Å². The first-order chi connectivity index (χ1) is 11.9. The van der Waals surface area contributed by atoms with Gasteiger partial charge in [-0.3, -0.25) is 0 Å². The largest absolute Gasteiger partial charge is 0.353 e. The number of halogens is 1. The zero-order chi connectivity index (χ0) is 18.4. The molecule has 3 atom stereocenters. The number of carbonyl (C=O) groups is 1. The molecule has 1 N–H and O–H groups in total. The van der Waals surface area contributed by atoms with Crippen molar-refractivity contribution >= 4 is 33.3 Å². The highest BCUT2D eigenvalue weighted by molar-refractivity contribution is 9.10. The Balaban J connectivity index is 2.43. The molecule has 25 heavy (non-hydrogen) atoms. The van der Waals surface area contributed by atoms with Gasteiger partial charge < -0.3 is 10.2 Å². The smallest absolute Gasteiger partial charge is 0.317 e. The van der Waals surface area contributed by atoms with Gasteiger partial charge in [0.1, 0.15) is 5.92 Å². The molecule has 3 rings (SSSR count). The molecule has 0 bridgehead atoms. The quantitative estimate of drug-likeness (QED) is 0.729. The molecule has 2 aliphatic rings. The standard InChI is InChI=1S/C17H10BrN5O2/c1-9-17(15(24)25-23-9)13(10-3-2-4-11(18)5-10)16(7-20,8-21)12(6-19)14(17)22/h2-5,12-13,22H,1H3/t12-,13-,17-/m1/s1. The van der Waals surface area contributed by atoms with Crippen LogP contribution in [-0.2, 0) is 9.63 Å². The summed E-state index contributed by atoms with van der Waals surface area (Å²) in [5.41, 5.74) is -3.32. The summed E-state index contributed by atoms with van der Waals surface area (Å²) >= 11 is 3.33. The third-order valence-corrected chi connectivity index (χ3v) is 5.39. The minimum atomic E-state index is -1.91. The molecule has 1 spiro atoms. The van der Waals surface area contributed by atoms with Gasteiger partial charge in [0.25, 0.3) is 0 Å². The predicted molar refractivity (Wildman–Crippen MR) is 89.0 cm³/mol. The molecule has 0 saturated heterocycles.